The highest BCUT2D eigenvalue weighted by Crippen LogP contribution is 2.42. The van der Waals surface area contributed by atoms with Crippen LogP contribution in [0.3, 0.4) is 0 Å². The van der Waals surface area contributed by atoms with Crippen LogP contribution in [0.15, 0.2) is 61.1 Å². The third-order valence-electron chi connectivity index (χ3n) is 11.4. The van der Waals surface area contributed by atoms with Gasteiger partial charge in [-0.3, -0.25) is 15.0 Å². The molecule has 4 aromatic rings. The number of aliphatic hydroxyl groups is 1. The number of alkyl carbamates (subject to hydrolysis) is 2. The summed E-state index contributed by atoms with van der Waals surface area (Å²) in [7, 11) is 0. The fourth-order valence-corrected chi connectivity index (χ4v) is 6.97. The van der Waals surface area contributed by atoms with Gasteiger partial charge in [0.2, 0.25) is 5.91 Å². The average molecular weight is 1090 g/mol. The molecule has 0 unspecified atom stereocenters. The van der Waals surface area contributed by atoms with E-state index in [0.29, 0.717) is 55.1 Å². The van der Waals surface area contributed by atoms with E-state index in [2.05, 4.69) is 15.5 Å². The Kier molecular flexibility index (Phi) is 18.8. The van der Waals surface area contributed by atoms with Crippen molar-refractivity contribution in [3.8, 4) is 22.4 Å². The van der Waals surface area contributed by atoms with Gasteiger partial charge in [0.15, 0.2) is 0 Å². The third kappa shape index (κ3) is 16.2. The SMILES string of the molecule is CC(C)(C)OC(=O)N[C@H](C(=O)N[C@@H](Cc1ccc(-c2cnn(C(F)F)c2)cc1)[C@@H](O)CN(Cc1c(F)cc(-c2ccn(C(F)F)n2)cc1F)NC(=O)[C@@H](NC(=O)OC(C)(C)C)C(C)(C)C(F)(F)F)C(C)(C)C(F)(F)F. The Morgan fingerprint density at radius 1 is 0.667 bits per heavy atom. The second-order valence-corrected chi connectivity index (χ2v) is 20.4. The van der Waals surface area contributed by atoms with E-state index in [1.807, 2.05) is 16.1 Å². The topological polar surface area (TPSA) is 194 Å². The maximum Gasteiger partial charge on any atom is 0.408 e. The third-order valence-corrected chi connectivity index (χ3v) is 11.4. The van der Waals surface area contributed by atoms with Gasteiger partial charge in [-0.2, -0.15) is 54.1 Å². The summed E-state index contributed by atoms with van der Waals surface area (Å²) < 4.78 is 184. The number of halogens is 12. The lowest BCUT2D eigenvalue weighted by molar-refractivity contribution is -0.221. The van der Waals surface area contributed by atoms with Gasteiger partial charge in [-0.05, 0) is 105 Å². The van der Waals surface area contributed by atoms with Crippen molar-refractivity contribution in [1.82, 2.24) is 45.9 Å². The van der Waals surface area contributed by atoms with Gasteiger partial charge in [0.05, 0.1) is 34.9 Å². The lowest BCUT2D eigenvalue weighted by Gasteiger charge is -2.38. The minimum atomic E-state index is -5.28. The molecule has 75 heavy (non-hydrogen) atoms. The number of hydrogen-bond donors (Lipinski definition) is 5. The van der Waals surface area contributed by atoms with Gasteiger partial charge in [-0.25, -0.2) is 32.7 Å². The number of hydrazine groups is 1. The molecule has 0 spiro atoms. The summed E-state index contributed by atoms with van der Waals surface area (Å²) in [5.74, 6) is -6.25. The summed E-state index contributed by atoms with van der Waals surface area (Å²) in [6.45, 7) is 1.84. The van der Waals surface area contributed by atoms with Crippen molar-refractivity contribution in [3.63, 3.8) is 0 Å². The Morgan fingerprint density at radius 2 is 1.15 bits per heavy atom. The van der Waals surface area contributed by atoms with Crippen LogP contribution in [0.4, 0.5) is 62.3 Å². The first-order valence-corrected chi connectivity index (χ1v) is 22.6. The Labute approximate surface area is 422 Å². The van der Waals surface area contributed by atoms with E-state index < -0.39 is 132 Å². The van der Waals surface area contributed by atoms with E-state index in [-0.39, 0.29) is 27.1 Å². The normalized spacial score (nSPS) is 14.6. The van der Waals surface area contributed by atoms with Crippen molar-refractivity contribution in [2.75, 3.05) is 6.54 Å². The van der Waals surface area contributed by atoms with E-state index in [0.717, 1.165) is 24.7 Å². The predicted octanol–water partition coefficient (Wildman–Crippen LogP) is 9.37. The van der Waals surface area contributed by atoms with Gasteiger partial charge in [0, 0.05) is 42.2 Å². The summed E-state index contributed by atoms with van der Waals surface area (Å²) in [5.41, 5.74) is -7.91. The molecule has 416 valence electrons. The number of aromatic nitrogens is 4. The van der Waals surface area contributed by atoms with Crippen molar-refractivity contribution in [2.45, 2.75) is 143 Å². The molecule has 0 aliphatic carbocycles. The van der Waals surface area contributed by atoms with Crippen LogP contribution >= 0.6 is 0 Å². The van der Waals surface area contributed by atoms with Crippen LogP contribution in [0.5, 0.6) is 0 Å². The van der Waals surface area contributed by atoms with Crippen molar-refractivity contribution < 1.29 is 86.4 Å². The van der Waals surface area contributed by atoms with Gasteiger partial charge in [0.1, 0.15) is 34.9 Å². The molecule has 0 radical (unpaired) electrons. The van der Waals surface area contributed by atoms with Crippen LogP contribution in [-0.4, -0.2) is 108 Å². The fraction of sp³-hybridized carbons (Fsp3) is 0.532. The molecule has 4 amide bonds. The summed E-state index contributed by atoms with van der Waals surface area (Å²) in [6, 6.07) is 0.704. The van der Waals surface area contributed by atoms with E-state index in [1.165, 1.54) is 65.8 Å². The highest BCUT2D eigenvalue weighted by molar-refractivity contribution is 5.87. The minimum absolute atomic E-state index is 0.155. The lowest BCUT2D eigenvalue weighted by atomic mass is 9.82. The molecule has 16 nitrogen and oxygen atoms in total. The van der Waals surface area contributed by atoms with Crippen LogP contribution in [0, 0.1) is 22.5 Å². The zero-order valence-corrected chi connectivity index (χ0v) is 42.0. The standard InChI is InChI=1S/C47H57F12N9O7/c1-42(2,3)74-40(72)62-34(44(7,8)46(54,55)56)36(70)61-32(17-24-11-13-25(14-12-24)27-20-60-68(21-27)39(52)53)33(69)23-66(22-28-29(48)18-26(19-30(28)49)31-15-16-67(64-31)38(50)51)65-37(71)35(45(9,10)47(57,58)59)63-41(73)75-43(4,5)6/h11-16,18-21,32-35,38-39,69H,17,22-23H2,1-10H3,(H,61,70)(H,62,72)(H,63,73)(H,65,71)/t32-,33-,34+,35+/m0/s1. The van der Waals surface area contributed by atoms with Crippen LogP contribution in [0.25, 0.3) is 22.4 Å². The maximum absolute atomic E-state index is 16.1. The van der Waals surface area contributed by atoms with Crippen LogP contribution in [-0.2, 0) is 32.0 Å². The second kappa shape index (κ2) is 23.1. The number of nitrogens with zero attached hydrogens (tertiary/aromatic N) is 5. The molecule has 5 N–H and O–H groups in total. The number of hydrogen-bond acceptors (Lipinski definition) is 10. The zero-order valence-electron chi connectivity index (χ0n) is 42.0. The number of ether oxygens (including phenoxy) is 2. The number of aliphatic hydroxyl groups excluding tert-OH is 1. The number of benzene rings is 2. The van der Waals surface area contributed by atoms with E-state index in [4.69, 9.17) is 9.47 Å². The molecule has 0 aliphatic heterocycles. The quantitative estimate of drug-likeness (QED) is 0.0446. The molecule has 0 fully saturated rings. The number of carbonyl (C=O) groups is 4. The highest BCUT2D eigenvalue weighted by Gasteiger charge is 2.57. The van der Waals surface area contributed by atoms with Crippen molar-refractivity contribution in [2.24, 2.45) is 10.8 Å². The number of nitrogens with one attached hydrogen (secondary N) is 4. The molecule has 4 rings (SSSR count). The summed E-state index contributed by atoms with van der Waals surface area (Å²) in [4.78, 5) is 54.3. The number of carbonyl (C=O) groups excluding carboxylic acids is 4. The summed E-state index contributed by atoms with van der Waals surface area (Å²) in [6.07, 6.45) is -13.4. The average Bonchev–Trinajstić information content (AvgIpc) is 3.96. The number of alkyl halides is 10. The first-order chi connectivity index (χ1) is 34.2. The molecule has 2 aromatic heterocycles. The Morgan fingerprint density at radius 3 is 1.57 bits per heavy atom. The van der Waals surface area contributed by atoms with Crippen molar-refractivity contribution in [3.05, 3.63) is 83.8 Å². The van der Waals surface area contributed by atoms with Gasteiger partial charge in [0.25, 0.3) is 5.91 Å². The van der Waals surface area contributed by atoms with Crippen LogP contribution in [0.1, 0.15) is 93.5 Å². The predicted molar refractivity (Wildman–Crippen MR) is 244 cm³/mol. The molecule has 0 saturated carbocycles. The summed E-state index contributed by atoms with van der Waals surface area (Å²) in [5, 5.41) is 25.6. The molecule has 0 saturated heterocycles. The molecule has 0 bridgehead atoms. The number of amides is 4. The monoisotopic (exact) mass is 1090 g/mol. The van der Waals surface area contributed by atoms with Crippen molar-refractivity contribution >= 4 is 24.0 Å². The van der Waals surface area contributed by atoms with E-state index in [9.17, 15) is 68.2 Å². The lowest BCUT2D eigenvalue weighted by Crippen LogP contribution is -2.64. The smallest absolute Gasteiger partial charge is 0.408 e. The van der Waals surface area contributed by atoms with Gasteiger partial charge < -0.3 is 30.5 Å². The molecular formula is C47H57F12N9O7. The largest absolute Gasteiger partial charge is 0.444 e. The van der Waals surface area contributed by atoms with Gasteiger partial charge in [-0.1, -0.05) is 24.3 Å². The first kappa shape index (κ1) is 61.0. The number of rotatable bonds is 19. The van der Waals surface area contributed by atoms with Gasteiger partial charge in [-0.15, -0.1) is 0 Å². The molecule has 2 aromatic carbocycles. The molecule has 4 atom stereocenters. The molecule has 28 heteroatoms. The first-order valence-electron chi connectivity index (χ1n) is 22.6. The van der Waals surface area contributed by atoms with Crippen LogP contribution < -0.4 is 21.4 Å². The minimum Gasteiger partial charge on any atom is -0.444 e. The zero-order chi connectivity index (χ0) is 57.0. The Hall–Kier alpha value is -6.58. The maximum atomic E-state index is 16.1. The van der Waals surface area contributed by atoms with Gasteiger partial charge >= 0.3 is 37.6 Å². The molecule has 0 aliphatic rings. The van der Waals surface area contributed by atoms with E-state index in [1.54, 1.807) is 0 Å². The Bertz CT molecular complexity index is 2600. The van der Waals surface area contributed by atoms with Crippen LogP contribution in [0.2, 0.25) is 0 Å². The van der Waals surface area contributed by atoms with Crippen molar-refractivity contribution in [1.29, 1.82) is 0 Å². The highest BCUT2D eigenvalue weighted by atomic mass is 19.4. The van der Waals surface area contributed by atoms with E-state index >= 15 is 8.78 Å². The molecule has 2 heterocycles. The fourth-order valence-electron chi connectivity index (χ4n) is 6.97. The second-order valence-electron chi connectivity index (χ2n) is 20.4. The molecular weight excluding hydrogens is 1030 g/mol. The Balaban J connectivity index is 1.87. The summed E-state index contributed by atoms with van der Waals surface area (Å²) >= 11 is 0.